The lowest BCUT2D eigenvalue weighted by molar-refractivity contribution is -0.698. The first-order chi connectivity index (χ1) is 10.8. The van der Waals surface area contributed by atoms with Crippen molar-refractivity contribution < 1.29 is 4.57 Å². The van der Waals surface area contributed by atoms with Gasteiger partial charge in [0.05, 0.1) is 0 Å². The molecule has 0 spiro atoms. The molecular weight excluding hydrogens is 266 g/mol. The summed E-state index contributed by atoms with van der Waals surface area (Å²) in [4.78, 5) is 0. The largest absolute Gasteiger partial charge is 0.205 e. The molecule has 1 aromatic rings. The van der Waals surface area contributed by atoms with E-state index in [9.17, 15) is 0 Å². The molecule has 1 aromatic heterocycles. The Labute approximate surface area is 139 Å². The van der Waals surface area contributed by atoms with E-state index in [-0.39, 0.29) is 0 Å². The molecule has 0 saturated carbocycles. The van der Waals surface area contributed by atoms with E-state index in [1.807, 2.05) is 0 Å². The van der Waals surface area contributed by atoms with Gasteiger partial charge in [0.2, 0.25) is 0 Å². The zero-order chi connectivity index (χ0) is 16.0. The maximum absolute atomic E-state index is 2.47. The zero-order valence-electron chi connectivity index (χ0n) is 15.4. The molecule has 0 fully saturated rings. The normalized spacial score (nSPS) is 11.0. The maximum Gasteiger partial charge on any atom is 0.171 e. The summed E-state index contributed by atoms with van der Waals surface area (Å²) in [6.07, 6.45) is 20.7. The Morgan fingerprint density at radius 2 is 1.14 bits per heavy atom. The van der Waals surface area contributed by atoms with Crippen LogP contribution in [0.4, 0.5) is 0 Å². The van der Waals surface area contributed by atoms with E-state index in [1.54, 1.807) is 11.1 Å². The Morgan fingerprint density at radius 1 is 0.636 bits per heavy atom. The van der Waals surface area contributed by atoms with Crippen molar-refractivity contribution in [2.24, 2.45) is 0 Å². The van der Waals surface area contributed by atoms with Crippen molar-refractivity contribution in [3.63, 3.8) is 0 Å². The maximum atomic E-state index is 2.47. The minimum absolute atomic E-state index is 1.20. The van der Waals surface area contributed by atoms with Gasteiger partial charge in [-0.2, -0.15) is 0 Å². The molecule has 0 atom stereocenters. The van der Waals surface area contributed by atoms with Crippen LogP contribution in [0.1, 0.15) is 96.1 Å². The molecule has 1 heteroatoms. The Hall–Kier alpha value is -0.850. The first kappa shape index (κ1) is 19.2. The summed E-state index contributed by atoms with van der Waals surface area (Å²) in [6.45, 7) is 8.06. The van der Waals surface area contributed by atoms with E-state index in [1.165, 1.54) is 83.6 Å². The lowest BCUT2D eigenvalue weighted by Crippen LogP contribution is -2.34. The van der Waals surface area contributed by atoms with Crippen LogP contribution in [0, 0.1) is 0 Å². The number of unbranched alkanes of at least 4 members (excludes halogenated alkanes) is 7. The summed E-state index contributed by atoms with van der Waals surface area (Å²) in [5.41, 5.74) is 3.11. The molecule has 0 aromatic carbocycles. The van der Waals surface area contributed by atoms with Gasteiger partial charge < -0.3 is 0 Å². The second kappa shape index (κ2) is 12.7. The minimum Gasteiger partial charge on any atom is -0.205 e. The number of hydrogen-bond donors (Lipinski definition) is 0. The van der Waals surface area contributed by atoms with E-state index in [4.69, 9.17) is 0 Å². The number of hydrogen-bond acceptors (Lipinski definition) is 0. The Morgan fingerprint density at radius 3 is 1.64 bits per heavy atom. The molecule has 0 amide bonds. The van der Waals surface area contributed by atoms with Crippen molar-refractivity contribution in [3.8, 4) is 0 Å². The van der Waals surface area contributed by atoms with Crippen molar-refractivity contribution in [1.29, 1.82) is 0 Å². The quantitative estimate of drug-likeness (QED) is 0.310. The summed E-state index contributed by atoms with van der Waals surface area (Å²) in [5.74, 6) is 0. The Balaban J connectivity index is 2.62. The Kier molecular flexibility index (Phi) is 11.1. The highest BCUT2D eigenvalue weighted by Crippen LogP contribution is 2.11. The van der Waals surface area contributed by atoms with Crippen LogP contribution in [-0.2, 0) is 19.4 Å². The fraction of sp³-hybridized carbons (Fsp3) is 0.762. The van der Waals surface area contributed by atoms with E-state index >= 15 is 0 Å². The molecule has 0 unspecified atom stereocenters. The SMILES string of the molecule is CCCCCC[n+]1cc(CCCCC)cc(CCCCC)c1. The number of nitrogens with zero attached hydrogens (tertiary/aromatic N) is 1. The van der Waals surface area contributed by atoms with E-state index in [2.05, 4.69) is 43.8 Å². The van der Waals surface area contributed by atoms with Crippen LogP contribution in [0.25, 0.3) is 0 Å². The fourth-order valence-corrected chi connectivity index (χ4v) is 3.06. The number of pyridine rings is 1. The summed E-state index contributed by atoms with van der Waals surface area (Å²) in [7, 11) is 0. The van der Waals surface area contributed by atoms with E-state index in [0.29, 0.717) is 0 Å². The second-order valence-electron chi connectivity index (χ2n) is 6.77. The molecule has 0 aliphatic rings. The average Bonchev–Trinajstić information content (AvgIpc) is 2.52. The predicted octanol–water partition coefficient (Wildman–Crippen LogP) is 6.02. The molecule has 1 heterocycles. The van der Waals surface area contributed by atoms with Crippen LogP contribution in [-0.4, -0.2) is 0 Å². The molecule has 0 saturated heterocycles. The molecule has 0 N–H and O–H groups in total. The van der Waals surface area contributed by atoms with Gasteiger partial charge in [-0.3, -0.25) is 0 Å². The summed E-state index contributed by atoms with van der Waals surface area (Å²) < 4.78 is 2.47. The molecule has 1 rings (SSSR count). The summed E-state index contributed by atoms with van der Waals surface area (Å²) in [5, 5.41) is 0. The van der Waals surface area contributed by atoms with Crippen LogP contribution in [0.5, 0.6) is 0 Å². The highest BCUT2D eigenvalue weighted by atomic mass is 14.9. The third kappa shape index (κ3) is 8.56. The first-order valence-corrected chi connectivity index (χ1v) is 9.82. The summed E-state index contributed by atoms with van der Waals surface area (Å²) in [6, 6.07) is 2.47. The van der Waals surface area contributed by atoms with Crippen molar-refractivity contribution in [3.05, 3.63) is 29.6 Å². The molecule has 1 nitrogen and oxygen atoms in total. The molecular formula is C21H38N+. The molecule has 126 valence electrons. The smallest absolute Gasteiger partial charge is 0.171 e. The molecule has 0 aliphatic heterocycles. The van der Waals surface area contributed by atoms with Crippen molar-refractivity contribution in [1.82, 2.24) is 0 Å². The molecule has 0 aliphatic carbocycles. The second-order valence-corrected chi connectivity index (χ2v) is 6.77. The predicted molar refractivity (Wildman–Crippen MR) is 97.2 cm³/mol. The van der Waals surface area contributed by atoms with Crippen LogP contribution in [0.3, 0.4) is 0 Å². The van der Waals surface area contributed by atoms with Gasteiger partial charge in [-0.1, -0.05) is 59.3 Å². The van der Waals surface area contributed by atoms with Crippen molar-refractivity contribution in [2.45, 2.75) is 104 Å². The van der Waals surface area contributed by atoms with Crippen molar-refractivity contribution in [2.75, 3.05) is 0 Å². The van der Waals surface area contributed by atoms with Gasteiger partial charge in [-0.05, 0) is 38.2 Å². The van der Waals surface area contributed by atoms with Crippen LogP contribution < -0.4 is 4.57 Å². The first-order valence-electron chi connectivity index (χ1n) is 9.82. The third-order valence-electron chi connectivity index (χ3n) is 4.44. The van der Waals surface area contributed by atoms with Crippen LogP contribution in [0.2, 0.25) is 0 Å². The fourth-order valence-electron chi connectivity index (χ4n) is 3.06. The average molecular weight is 305 g/mol. The number of aryl methyl sites for hydroxylation is 3. The lowest BCUT2D eigenvalue weighted by Gasteiger charge is -2.06. The third-order valence-corrected chi connectivity index (χ3v) is 4.44. The number of aromatic nitrogens is 1. The van der Waals surface area contributed by atoms with Gasteiger partial charge in [0.1, 0.15) is 6.54 Å². The molecule has 0 radical (unpaired) electrons. The van der Waals surface area contributed by atoms with Gasteiger partial charge in [0, 0.05) is 17.5 Å². The highest BCUT2D eigenvalue weighted by molar-refractivity contribution is 5.15. The van der Waals surface area contributed by atoms with Gasteiger partial charge in [0.25, 0.3) is 0 Å². The van der Waals surface area contributed by atoms with Gasteiger partial charge in [-0.25, -0.2) is 4.57 Å². The Bertz CT molecular complexity index is 355. The zero-order valence-corrected chi connectivity index (χ0v) is 15.4. The van der Waals surface area contributed by atoms with Crippen LogP contribution >= 0.6 is 0 Å². The minimum atomic E-state index is 1.20. The van der Waals surface area contributed by atoms with E-state index in [0.717, 1.165) is 0 Å². The van der Waals surface area contributed by atoms with Gasteiger partial charge in [0.15, 0.2) is 12.4 Å². The van der Waals surface area contributed by atoms with Gasteiger partial charge >= 0.3 is 0 Å². The topological polar surface area (TPSA) is 3.88 Å². The van der Waals surface area contributed by atoms with Crippen LogP contribution in [0.15, 0.2) is 18.5 Å². The number of rotatable bonds is 13. The van der Waals surface area contributed by atoms with E-state index < -0.39 is 0 Å². The summed E-state index contributed by atoms with van der Waals surface area (Å²) >= 11 is 0. The lowest BCUT2D eigenvalue weighted by atomic mass is 10.0. The monoisotopic (exact) mass is 304 g/mol. The highest BCUT2D eigenvalue weighted by Gasteiger charge is 2.08. The molecule has 22 heavy (non-hydrogen) atoms. The van der Waals surface area contributed by atoms with Crippen molar-refractivity contribution >= 4 is 0 Å². The molecule has 0 bridgehead atoms. The standard InChI is InChI=1S/C21H38N/c1-4-7-10-13-16-22-18-20(14-11-8-5-2)17-21(19-22)15-12-9-6-3/h17-19H,4-16H2,1-3H3/q+1. The van der Waals surface area contributed by atoms with Gasteiger partial charge in [-0.15, -0.1) is 0 Å².